The van der Waals surface area contributed by atoms with E-state index >= 15 is 0 Å². The highest BCUT2D eigenvalue weighted by atomic mass is 16.6. The molecule has 10 rings (SSSR count). The zero-order valence-electron chi connectivity index (χ0n) is 33.1. The predicted molar refractivity (Wildman–Crippen MR) is 210 cm³/mol. The quantitative estimate of drug-likeness (QED) is 0.210. The Balaban J connectivity index is 0.915. The molecule has 0 radical (unpaired) electrons. The summed E-state index contributed by atoms with van der Waals surface area (Å²) in [6, 6.07) is 13.8. The van der Waals surface area contributed by atoms with Crippen LogP contribution in [-0.4, -0.2) is 65.2 Å². The van der Waals surface area contributed by atoms with Crippen LogP contribution < -0.4 is 0 Å². The molecule has 0 bridgehead atoms. The van der Waals surface area contributed by atoms with Gasteiger partial charge in [-0.05, 0) is 138 Å². The number of carbonyl (C=O) groups is 2. The second-order valence-electron chi connectivity index (χ2n) is 19.5. The summed E-state index contributed by atoms with van der Waals surface area (Å²) in [5.41, 5.74) is 9.00. The molecule has 2 N–H and O–H groups in total. The number of hydrogen-bond acceptors (Lipinski definition) is 6. The Morgan fingerprint density at radius 2 is 1.13 bits per heavy atom. The summed E-state index contributed by atoms with van der Waals surface area (Å²) in [5, 5.41) is 0. The molecule has 288 valence electrons. The van der Waals surface area contributed by atoms with Crippen molar-refractivity contribution in [3.8, 4) is 33.6 Å². The van der Waals surface area contributed by atoms with Crippen molar-refractivity contribution < 1.29 is 19.1 Å². The Morgan fingerprint density at radius 3 is 1.67 bits per heavy atom. The lowest BCUT2D eigenvalue weighted by atomic mass is 9.82. The molecule has 10 heteroatoms. The molecule has 2 aliphatic heterocycles. The average molecular weight is 743 g/mol. The number of aromatic nitrogens is 4. The number of fused-ring (bicyclic) bond motifs is 3. The first-order valence-electron chi connectivity index (χ1n) is 20.6. The van der Waals surface area contributed by atoms with E-state index in [1.807, 2.05) is 63.7 Å². The molecule has 4 aliphatic carbocycles. The van der Waals surface area contributed by atoms with Crippen molar-refractivity contribution in [2.75, 3.05) is 0 Å². The van der Waals surface area contributed by atoms with Crippen LogP contribution in [0.15, 0.2) is 48.8 Å². The number of piperidine rings is 2. The predicted octanol–water partition coefficient (Wildman–Crippen LogP) is 9.93. The van der Waals surface area contributed by atoms with Crippen LogP contribution in [0.3, 0.4) is 0 Å². The van der Waals surface area contributed by atoms with E-state index in [1.165, 1.54) is 53.5 Å². The Hall–Kier alpha value is -4.60. The summed E-state index contributed by atoms with van der Waals surface area (Å²) in [7, 11) is 0. The number of rotatable bonds is 5. The van der Waals surface area contributed by atoms with E-state index in [2.05, 4.69) is 46.4 Å². The first-order chi connectivity index (χ1) is 26.2. The Labute approximate surface area is 323 Å². The number of aromatic amines is 2. The number of benzene rings is 2. The van der Waals surface area contributed by atoms with Gasteiger partial charge in [-0.1, -0.05) is 49.2 Å². The minimum absolute atomic E-state index is 0.0852. The lowest BCUT2D eigenvalue weighted by Crippen LogP contribution is -2.38. The summed E-state index contributed by atoms with van der Waals surface area (Å²) in [6.45, 7) is 11.5. The van der Waals surface area contributed by atoms with Gasteiger partial charge in [0.1, 0.15) is 22.9 Å². The van der Waals surface area contributed by atoms with Gasteiger partial charge in [0.05, 0.1) is 35.9 Å². The monoisotopic (exact) mass is 742 g/mol. The van der Waals surface area contributed by atoms with Crippen molar-refractivity contribution >= 4 is 12.2 Å². The molecule has 55 heavy (non-hydrogen) atoms. The van der Waals surface area contributed by atoms with Crippen molar-refractivity contribution in [2.45, 2.75) is 141 Å². The Kier molecular flexibility index (Phi) is 7.73. The number of hydrogen-bond donors (Lipinski definition) is 2. The number of likely N-dealkylation sites (tertiary alicyclic amines) is 2. The zero-order valence-corrected chi connectivity index (χ0v) is 33.1. The van der Waals surface area contributed by atoms with Crippen molar-refractivity contribution in [2.24, 2.45) is 17.3 Å². The highest BCUT2D eigenvalue weighted by molar-refractivity contribution is 5.79. The minimum atomic E-state index is -0.535. The molecular formula is C45H54N6O4. The van der Waals surface area contributed by atoms with Crippen LogP contribution in [0.1, 0.15) is 128 Å². The molecule has 10 nitrogen and oxygen atoms in total. The third kappa shape index (κ3) is 6.24. The van der Waals surface area contributed by atoms with Gasteiger partial charge < -0.3 is 19.4 Å². The van der Waals surface area contributed by atoms with E-state index in [9.17, 15) is 9.59 Å². The van der Waals surface area contributed by atoms with Gasteiger partial charge in [0.15, 0.2) is 0 Å². The average Bonchev–Trinajstić information content (AvgIpc) is 3.62. The zero-order chi connectivity index (χ0) is 38.0. The number of ether oxygens (including phenoxy) is 2. The van der Waals surface area contributed by atoms with Crippen LogP contribution >= 0.6 is 0 Å². The van der Waals surface area contributed by atoms with E-state index in [0.29, 0.717) is 17.3 Å². The molecular weight excluding hydrogens is 689 g/mol. The highest BCUT2D eigenvalue weighted by Crippen LogP contribution is 2.56. The summed E-state index contributed by atoms with van der Waals surface area (Å²) in [5.74, 6) is 2.76. The van der Waals surface area contributed by atoms with Crippen LogP contribution in [0, 0.1) is 17.3 Å². The molecule has 2 saturated heterocycles. The molecule has 5 fully saturated rings. The van der Waals surface area contributed by atoms with Gasteiger partial charge in [-0.2, -0.15) is 0 Å². The van der Waals surface area contributed by atoms with Crippen molar-refractivity contribution in [3.63, 3.8) is 0 Å². The topological polar surface area (TPSA) is 116 Å². The summed E-state index contributed by atoms with van der Waals surface area (Å²) in [4.78, 5) is 47.3. The van der Waals surface area contributed by atoms with Gasteiger partial charge in [0.2, 0.25) is 0 Å². The van der Waals surface area contributed by atoms with Gasteiger partial charge in [-0.3, -0.25) is 9.80 Å². The minimum Gasteiger partial charge on any atom is -0.444 e. The third-order valence-corrected chi connectivity index (χ3v) is 13.2. The Bertz CT molecular complexity index is 2170. The fourth-order valence-electron chi connectivity index (χ4n) is 10.6. The number of H-pyrrole nitrogens is 2. The first-order valence-corrected chi connectivity index (χ1v) is 20.6. The van der Waals surface area contributed by atoms with Crippen LogP contribution in [0.5, 0.6) is 0 Å². The van der Waals surface area contributed by atoms with E-state index < -0.39 is 11.2 Å². The maximum Gasteiger partial charge on any atom is 0.411 e. The highest BCUT2D eigenvalue weighted by Gasteiger charge is 2.57. The van der Waals surface area contributed by atoms with E-state index in [-0.39, 0.29) is 36.4 Å². The second-order valence-corrected chi connectivity index (χ2v) is 19.5. The molecule has 6 aliphatic rings. The molecule has 6 unspecified atom stereocenters. The number of nitrogens with zero attached hydrogens (tertiary/aromatic N) is 4. The lowest BCUT2D eigenvalue weighted by Gasteiger charge is -2.29. The number of imidazole rings is 2. The van der Waals surface area contributed by atoms with Crippen LogP contribution in [0.4, 0.5) is 9.59 Å². The van der Waals surface area contributed by atoms with Crippen molar-refractivity contribution in [1.82, 2.24) is 29.7 Å². The maximum absolute atomic E-state index is 13.3. The second kappa shape index (κ2) is 12.2. The SMILES string of the molecule is CC(C)(C)OC(=O)N1C(c2ncc(-c3ccc(-c4ccc(-c5cnc(C6CC7CC7N6C(=O)OC(C)(C)C)[nH]5)c5c4CC4(CCCC4)C5)cc3)[nH]2)CC2CC21. The molecule has 2 aromatic heterocycles. The molecule has 1 spiro atoms. The van der Waals surface area contributed by atoms with Gasteiger partial charge in [-0.25, -0.2) is 19.6 Å². The van der Waals surface area contributed by atoms with Crippen LogP contribution in [0.25, 0.3) is 33.6 Å². The molecule has 3 saturated carbocycles. The number of nitrogens with one attached hydrogen (secondary N) is 2. The fraction of sp³-hybridized carbons (Fsp3) is 0.556. The first kappa shape index (κ1) is 34.9. The standard InChI is InChI=1S/C45H54N6O4/c1-43(2,3)54-41(52)50-35-17-27(35)19-37(50)39-46-23-33(48-39)26-11-9-25(10-12-26)29-13-14-30(32-22-45(21-31(29)32)15-7-8-16-45)34-24-47-40(49-34)38-20-28-18-36(28)51(38)42(53)55-44(4,5)6/h9-14,23-24,27-28,35-38H,7-8,15-22H2,1-6H3,(H,46,48)(H,47,49). The normalized spacial score (nSPS) is 27.3. The summed E-state index contributed by atoms with van der Waals surface area (Å²) in [6.07, 6.45) is 14.7. The summed E-state index contributed by atoms with van der Waals surface area (Å²) < 4.78 is 11.6. The fourth-order valence-corrected chi connectivity index (χ4v) is 10.6. The number of amides is 2. The molecule has 2 amide bonds. The van der Waals surface area contributed by atoms with E-state index in [0.717, 1.165) is 67.1 Å². The lowest BCUT2D eigenvalue weighted by molar-refractivity contribution is 0.0164. The van der Waals surface area contributed by atoms with Gasteiger partial charge >= 0.3 is 12.2 Å². The molecule has 4 aromatic rings. The summed E-state index contributed by atoms with van der Waals surface area (Å²) >= 11 is 0. The van der Waals surface area contributed by atoms with Crippen molar-refractivity contribution in [1.29, 1.82) is 0 Å². The van der Waals surface area contributed by atoms with Crippen LogP contribution in [0.2, 0.25) is 0 Å². The molecule has 4 heterocycles. The molecule has 2 aromatic carbocycles. The van der Waals surface area contributed by atoms with Gasteiger partial charge in [0, 0.05) is 17.6 Å². The largest absolute Gasteiger partial charge is 0.444 e. The Morgan fingerprint density at radius 1 is 0.655 bits per heavy atom. The maximum atomic E-state index is 13.3. The van der Waals surface area contributed by atoms with Crippen LogP contribution in [-0.2, 0) is 22.3 Å². The third-order valence-electron chi connectivity index (χ3n) is 13.2. The molecule has 6 atom stereocenters. The smallest absolute Gasteiger partial charge is 0.411 e. The van der Waals surface area contributed by atoms with Gasteiger partial charge in [-0.15, -0.1) is 0 Å². The van der Waals surface area contributed by atoms with E-state index in [1.54, 1.807) is 0 Å². The van der Waals surface area contributed by atoms with E-state index in [4.69, 9.17) is 19.4 Å². The van der Waals surface area contributed by atoms with Gasteiger partial charge in [0.25, 0.3) is 0 Å². The van der Waals surface area contributed by atoms with Crippen molar-refractivity contribution in [3.05, 3.63) is 71.6 Å². The number of carbonyl (C=O) groups excluding carboxylic acids is 2.